The average molecular weight is 545 g/mol. The van der Waals surface area contributed by atoms with Crippen molar-refractivity contribution >= 4 is 27.9 Å². The number of carboxylic acid groups (broad SMARTS) is 1. The van der Waals surface area contributed by atoms with Gasteiger partial charge >= 0.3 is 5.97 Å². The van der Waals surface area contributed by atoms with Crippen LogP contribution in [0.1, 0.15) is 37.3 Å². The molecule has 4 rings (SSSR count). The standard InChI is InChI=1S/C26H36N6O5S/c1-17-7-11-32(23(12-17)25(34)35)24(33)22(13-18-4-3-9-31(15-18)26(27)28)29-38(36,37)21-6-5-19-8-10-30(2)16-20(19)14-21/h4-7,14,22-23,29H,3,8-13,15-16H2,1-2H3,(H3,27,28)(H,34,35)/t22-,23?/m0/s1. The van der Waals surface area contributed by atoms with Crippen molar-refractivity contribution in [1.29, 1.82) is 5.41 Å². The number of carbonyl (C=O) groups is 2. The molecule has 1 aromatic carbocycles. The van der Waals surface area contributed by atoms with Crippen LogP contribution in [0.3, 0.4) is 0 Å². The van der Waals surface area contributed by atoms with Gasteiger partial charge in [-0.05, 0) is 62.9 Å². The third-order valence-corrected chi connectivity index (χ3v) is 8.89. The Hall–Kier alpha value is -3.22. The largest absolute Gasteiger partial charge is 0.480 e. The van der Waals surface area contributed by atoms with Crippen molar-refractivity contribution in [1.82, 2.24) is 19.4 Å². The molecular formula is C26H36N6O5S. The van der Waals surface area contributed by atoms with E-state index in [1.165, 1.54) is 4.90 Å². The van der Waals surface area contributed by atoms with Crippen LogP contribution < -0.4 is 10.5 Å². The molecule has 38 heavy (non-hydrogen) atoms. The molecule has 0 saturated heterocycles. The van der Waals surface area contributed by atoms with Crippen LogP contribution in [0.4, 0.5) is 0 Å². The van der Waals surface area contributed by atoms with Crippen LogP contribution >= 0.6 is 0 Å². The number of carboxylic acids is 1. The number of likely N-dealkylation sites (N-methyl/N-ethyl adjacent to an activating group) is 1. The number of aliphatic carboxylic acids is 1. The summed E-state index contributed by atoms with van der Waals surface area (Å²) in [6.07, 6.45) is 5.38. The van der Waals surface area contributed by atoms with E-state index in [0.717, 1.165) is 35.2 Å². The summed E-state index contributed by atoms with van der Waals surface area (Å²) in [5, 5.41) is 17.6. The molecule has 3 aliphatic rings. The fourth-order valence-electron chi connectivity index (χ4n) is 5.25. The van der Waals surface area contributed by atoms with E-state index in [9.17, 15) is 23.1 Å². The van der Waals surface area contributed by atoms with Crippen molar-refractivity contribution in [2.45, 2.75) is 56.1 Å². The highest BCUT2D eigenvalue weighted by molar-refractivity contribution is 7.89. The number of sulfonamides is 1. The van der Waals surface area contributed by atoms with Gasteiger partial charge in [-0.15, -0.1) is 0 Å². The van der Waals surface area contributed by atoms with Crippen molar-refractivity contribution in [2.24, 2.45) is 5.73 Å². The zero-order valence-corrected chi connectivity index (χ0v) is 22.6. The Bertz CT molecular complexity index is 1290. The van der Waals surface area contributed by atoms with Crippen LogP contribution in [0.2, 0.25) is 0 Å². The zero-order chi connectivity index (χ0) is 27.6. The molecule has 5 N–H and O–H groups in total. The van der Waals surface area contributed by atoms with Gasteiger partial charge < -0.3 is 25.5 Å². The molecule has 12 heteroatoms. The number of fused-ring (bicyclic) bond motifs is 1. The van der Waals surface area contributed by atoms with Crippen molar-refractivity contribution in [2.75, 3.05) is 33.2 Å². The first kappa shape index (κ1) is 27.8. The minimum atomic E-state index is -4.11. The molecule has 3 heterocycles. The van der Waals surface area contributed by atoms with E-state index < -0.39 is 34.0 Å². The van der Waals surface area contributed by atoms with E-state index >= 15 is 0 Å². The van der Waals surface area contributed by atoms with Crippen LogP contribution in [-0.2, 0) is 32.6 Å². The number of nitrogens with zero attached hydrogens (tertiary/aromatic N) is 3. The van der Waals surface area contributed by atoms with Crippen molar-refractivity contribution in [3.63, 3.8) is 0 Å². The summed E-state index contributed by atoms with van der Waals surface area (Å²) in [7, 11) is -2.13. The fraction of sp³-hybridized carbons (Fsp3) is 0.500. The molecule has 206 valence electrons. The highest BCUT2D eigenvalue weighted by atomic mass is 32.2. The monoisotopic (exact) mass is 544 g/mol. The molecule has 2 atom stereocenters. The van der Waals surface area contributed by atoms with E-state index in [2.05, 4.69) is 9.62 Å². The third-order valence-electron chi connectivity index (χ3n) is 7.42. The summed E-state index contributed by atoms with van der Waals surface area (Å²) in [4.78, 5) is 30.8. The molecule has 0 bridgehead atoms. The maximum absolute atomic E-state index is 13.8. The lowest BCUT2D eigenvalue weighted by atomic mass is 9.97. The molecule has 0 spiro atoms. The summed E-state index contributed by atoms with van der Waals surface area (Å²) in [5.41, 5.74) is 9.32. The molecule has 0 fully saturated rings. The number of guanidine groups is 1. The van der Waals surface area contributed by atoms with Crippen LogP contribution in [0.5, 0.6) is 0 Å². The second kappa shape index (κ2) is 11.3. The number of hydrogen-bond acceptors (Lipinski definition) is 6. The number of nitrogens with two attached hydrogens (primary N) is 1. The molecule has 1 aromatic rings. The molecule has 0 radical (unpaired) electrons. The molecule has 0 saturated carbocycles. The van der Waals surface area contributed by atoms with Crippen molar-refractivity contribution < 1.29 is 23.1 Å². The summed E-state index contributed by atoms with van der Waals surface area (Å²) in [6.45, 7) is 4.29. The number of carbonyl (C=O) groups excluding carboxylic acids is 1. The topological polar surface area (TPSA) is 160 Å². The zero-order valence-electron chi connectivity index (χ0n) is 21.8. The average Bonchev–Trinajstić information content (AvgIpc) is 2.87. The Labute approximate surface area is 223 Å². The number of nitrogens with one attached hydrogen (secondary N) is 2. The van der Waals surface area contributed by atoms with E-state index in [4.69, 9.17) is 11.1 Å². The predicted molar refractivity (Wildman–Crippen MR) is 143 cm³/mol. The Kier molecular flexibility index (Phi) is 8.24. The van der Waals surface area contributed by atoms with Gasteiger partial charge in [-0.2, -0.15) is 4.72 Å². The lowest BCUT2D eigenvalue weighted by Gasteiger charge is -2.35. The second-order valence-corrected chi connectivity index (χ2v) is 12.1. The van der Waals surface area contributed by atoms with Crippen molar-refractivity contribution in [3.8, 4) is 0 Å². The van der Waals surface area contributed by atoms with Gasteiger partial charge in [-0.1, -0.05) is 29.4 Å². The predicted octanol–water partition coefficient (Wildman–Crippen LogP) is 0.869. The normalized spacial score (nSPS) is 21.3. The first-order valence-corrected chi connectivity index (χ1v) is 14.2. The minimum Gasteiger partial charge on any atom is -0.480 e. The minimum absolute atomic E-state index is 0.0427. The number of rotatable bonds is 7. The summed E-state index contributed by atoms with van der Waals surface area (Å²) in [5.74, 6) is -1.82. The molecule has 11 nitrogen and oxygen atoms in total. The van der Waals surface area contributed by atoms with E-state index in [0.29, 0.717) is 26.1 Å². The third kappa shape index (κ3) is 6.25. The van der Waals surface area contributed by atoms with E-state index in [1.54, 1.807) is 23.1 Å². The lowest BCUT2D eigenvalue weighted by molar-refractivity contribution is -0.150. The fourth-order valence-corrected chi connectivity index (χ4v) is 6.49. The van der Waals surface area contributed by atoms with E-state index in [-0.39, 0.29) is 30.2 Å². The van der Waals surface area contributed by atoms with Gasteiger partial charge in [-0.25, -0.2) is 13.2 Å². The molecule has 1 amide bonds. The van der Waals surface area contributed by atoms with Gasteiger partial charge in [0.15, 0.2) is 5.96 Å². The first-order valence-electron chi connectivity index (χ1n) is 12.7. The highest BCUT2D eigenvalue weighted by Crippen LogP contribution is 2.25. The van der Waals surface area contributed by atoms with Gasteiger partial charge in [0.1, 0.15) is 12.1 Å². The maximum atomic E-state index is 13.8. The number of benzene rings is 1. The number of hydrogen-bond donors (Lipinski definition) is 4. The molecule has 0 aliphatic carbocycles. The summed E-state index contributed by atoms with van der Waals surface area (Å²) >= 11 is 0. The maximum Gasteiger partial charge on any atom is 0.326 e. The van der Waals surface area contributed by atoms with Crippen LogP contribution in [0.15, 0.2) is 46.4 Å². The quantitative estimate of drug-likeness (QED) is 0.223. The Balaban J connectivity index is 1.64. The number of amides is 1. The van der Waals surface area contributed by atoms with Crippen LogP contribution in [0.25, 0.3) is 0 Å². The second-order valence-electron chi connectivity index (χ2n) is 10.4. The Morgan fingerprint density at radius 3 is 2.68 bits per heavy atom. The smallest absolute Gasteiger partial charge is 0.326 e. The Morgan fingerprint density at radius 1 is 1.21 bits per heavy atom. The first-order chi connectivity index (χ1) is 17.9. The van der Waals surface area contributed by atoms with Gasteiger partial charge in [0, 0.05) is 32.7 Å². The van der Waals surface area contributed by atoms with Gasteiger partial charge in [0.05, 0.1) is 4.90 Å². The Morgan fingerprint density at radius 2 is 1.97 bits per heavy atom. The summed E-state index contributed by atoms with van der Waals surface area (Å²) < 4.78 is 29.7. The SMILES string of the molecule is CC1=CCN(C(=O)[C@H](CC2=CCCN(C(=N)N)C2)NS(=O)(=O)c2ccc3c(c2)CN(C)CC3)C(C(=O)O)C1. The molecule has 1 unspecified atom stereocenters. The van der Waals surface area contributed by atoms with Crippen LogP contribution in [-0.4, -0.2) is 91.4 Å². The van der Waals surface area contributed by atoms with Crippen LogP contribution in [0, 0.1) is 5.41 Å². The van der Waals surface area contributed by atoms with Gasteiger partial charge in [0.25, 0.3) is 0 Å². The van der Waals surface area contributed by atoms with Crippen molar-refractivity contribution in [3.05, 3.63) is 52.6 Å². The highest BCUT2D eigenvalue weighted by Gasteiger charge is 2.38. The van der Waals surface area contributed by atoms with E-state index in [1.807, 2.05) is 26.1 Å². The molecular weight excluding hydrogens is 508 g/mol. The van der Waals surface area contributed by atoms with Gasteiger partial charge in [-0.3, -0.25) is 10.2 Å². The summed E-state index contributed by atoms with van der Waals surface area (Å²) in [6, 6.07) is 2.73. The lowest BCUT2D eigenvalue weighted by Crippen LogP contribution is -2.55. The molecule has 0 aromatic heterocycles. The molecule has 3 aliphatic heterocycles. The van der Waals surface area contributed by atoms with Gasteiger partial charge in [0.2, 0.25) is 15.9 Å².